The van der Waals surface area contributed by atoms with Gasteiger partial charge in [-0.15, -0.1) is 0 Å². The summed E-state index contributed by atoms with van der Waals surface area (Å²) in [6.45, 7) is 0.828. The van der Waals surface area contributed by atoms with E-state index in [4.69, 9.17) is 11.6 Å². The lowest BCUT2D eigenvalue weighted by molar-refractivity contribution is 0.898. The molecule has 1 aromatic heterocycles. The molecule has 3 heteroatoms. The third-order valence-corrected chi connectivity index (χ3v) is 2.56. The van der Waals surface area contributed by atoms with E-state index in [0.717, 1.165) is 12.4 Å². The molecule has 0 N–H and O–H groups in total. The molecule has 0 spiro atoms. The van der Waals surface area contributed by atoms with E-state index in [1.165, 1.54) is 5.56 Å². The fraction of sp³-hybridized carbons (Fsp3) is 0.154. The monoisotopic (exact) mass is 232 g/mol. The fourth-order valence-corrected chi connectivity index (χ4v) is 1.71. The van der Waals surface area contributed by atoms with E-state index in [-0.39, 0.29) is 0 Å². The Kier molecular flexibility index (Phi) is 3.42. The van der Waals surface area contributed by atoms with Gasteiger partial charge in [-0.25, -0.2) is 4.98 Å². The highest BCUT2D eigenvalue weighted by molar-refractivity contribution is 6.29. The molecule has 1 aromatic carbocycles. The molecule has 16 heavy (non-hydrogen) atoms. The van der Waals surface area contributed by atoms with Crippen molar-refractivity contribution in [1.29, 1.82) is 0 Å². The third kappa shape index (κ3) is 2.74. The Labute approximate surface area is 101 Å². The molecule has 0 atom stereocenters. The second-order valence-electron chi connectivity index (χ2n) is 3.66. The zero-order valence-corrected chi connectivity index (χ0v) is 9.85. The van der Waals surface area contributed by atoms with Crippen molar-refractivity contribution in [3.05, 3.63) is 59.2 Å². The van der Waals surface area contributed by atoms with Gasteiger partial charge in [-0.1, -0.05) is 48.0 Å². The topological polar surface area (TPSA) is 16.1 Å². The average molecular weight is 233 g/mol. The molecule has 2 rings (SSSR count). The Hall–Kier alpha value is -1.54. The van der Waals surface area contributed by atoms with E-state index in [1.807, 2.05) is 37.4 Å². The average Bonchev–Trinajstić information content (AvgIpc) is 2.30. The first-order chi connectivity index (χ1) is 7.75. The Morgan fingerprint density at radius 3 is 2.50 bits per heavy atom. The minimum absolute atomic E-state index is 0.525. The van der Waals surface area contributed by atoms with Gasteiger partial charge in [0.15, 0.2) is 0 Å². The van der Waals surface area contributed by atoms with Gasteiger partial charge >= 0.3 is 0 Å². The molecule has 0 aliphatic rings. The number of hydrogen-bond donors (Lipinski definition) is 0. The van der Waals surface area contributed by atoms with Crippen LogP contribution in [0, 0.1) is 0 Å². The minimum Gasteiger partial charge on any atom is -0.355 e. The summed E-state index contributed by atoms with van der Waals surface area (Å²) >= 11 is 5.85. The van der Waals surface area contributed by atoms with E-state index in [1.54, 1.807) is 6.07 Å². The van der Waals surface area contributed by atoms with E-state index in [0.29, 0.717) is 5.15 Å². The van der Waals surface area contributed by atoms with Crippen molar-refractivity contribution in [2.24, 2.45) is 0 Å². The van der Waals surface area contributed by atoms with E-state index in [9.17, 15) is 0 Å². The van der Waals surface area contributed by atoms with Crippen molar-refractivity contribution < 1.29 is 0 Å². The van der Waals surface area contributed by atoms with Gasteiger partial charge in [0.25, 0.3) is 0 Å². The molecule has 2 aromatic rings. The first-order valence-electron chi connectivity index (χ1n) is 5.13. The van der Waals surface area contributed by atoms with Gasteiger partial charge in [-0.3, -0.25) is 0 Å². The standard InChI is InChI=1S/C13H13ClN2/c1-16(10-11-6-3-2-4-7-11)13-9-5-8-12(14)15-13/h2-9H,10H2,1H3. The first kappa shape index (κ1) is 11.0. The van der Waals surface area contributed by atoms with E-state index >= 15 is 0 Å². The number of hydrogen-bond acceptors (Lipinski definition) is 2. The maximum Gasteiger partial charge on any atom is 0.131 e. The van der Waals surface area contributed by atoms with Gasteiger partial charge in [0.05, 0.1) is 0 Å². The van der Waals surface area contributed by atoms with Crippen LogP contribution in [0.4, 0.5) is 5.82 Å². The van der Waals surface area contributed by atoms with E-state index in [2.05, 4.69) is 22.0 Å². The van der Waals surface area contributed by atoms with Crippen LogP contribution < -0.4 is 4.90 Å². The SMILES string of the molecule is CN(Cc1ccccc1)c1cccc(Cl)n1. The van der Waals surface area contributed by atoms with Crippen LogP contribution in [-0.2, 0) is 6.54 Å². The molecule has 0 fully saturated rings. The zero-order chi connectivity index (χ0) is 11.4. The van der Waals surface area contributed by atoms with Crippen LogP contribution in [0.5, 0.6) is 0 Å². The molecular weight excluding hydrogens is 220 g/mol. The summed E-state index contributed by atoms with van der Waals surface area (Å²) in [5.41, 5.74) is 1.26. The van der Waals surface area contributed by atoms with Crippen molar-refractivity contribution in [2.75, 3.05) is 11.9 Å². The van der Waals surface area contributed by atoms with Crippen LogP contribution in [0.2, 0.25) is 5.15 Å². The summed E-state index contributed by atoms with van der Waals surface area (Å²) in [7, 11) is 2.01. The summed E-state index contributed by atoms with van der Waals surface area (Å²) in [5.74, 6) is 0.886. The molecule has 0 radical (unpaired) electrons. The molecule has 0 unspecified atom stereocenters. The summed E-state index contributed by atoms with van der Waals surface area (Å²) in [6, 6.07) is 15.9. The summed E-state index contributed by atoms with van der Waals surface area (Å²) in [6.07, 6.45) is 0. The van der Waals surface area contributed by atoms with Crippen molar-refractivity contribution in [3.8, 4) is 0 Å². The highest BCUT2D eigenvalue weighted by Gasteiger charge is 2.03. The molecule has 0 amide bonds. The van der Waals surface area contributed by atoms with Crippen molar-refractivity contribution in [1.82, 2.24) is 4.98 Å². The second-order valence-corrected chi connectivity index (χ2v) is 4.05. The van der Waals surface area contributed by atoms with Gasteiger partial charge in [0.2, 0.25) is 0 Å². The third-order valence-electron chi connectivity index (χ3n) is 2.35. The maximum absolute atomic E-state index is 5.85. The largest absolute Gasteiger partial charge is 0.355 e. The Bertz CT molecular complexity index is 456. The fourth-order valence-electron chi connectivity index (χ4n) is 1.55. The van der Waals surface area contributed by atoms with Gasteiger partial charge < -0.3 is 4.90 Å². The Balaban J connectivity index is 2.12. The number of benzene rings is 1. The number of pyridine rings is 1. The lowest BCUT2D eigenvalue weighted by atomic mass is 10.2. The van der Waals surface area contributed by atoms with Gasteiger partial charge in [-0.05, 0) is 17.7 Å². The highest BCUT2D eigenvalue weighted by atomic mass is 35.5. The molecule has 0 saturated carbocycles. The molecule has 0 aliphatic carbocycles. The van der Waals surface area contributed by atoms with Crippen LogP contribution in [0.15, 0.2) is 48.5 Å². The second kappa shape index (κ2) is 4.99. The number of nitrogens with zero attached hydrogens (tertiary/aromatic N) is 2. The van der Waals surface area contributed by atoms with Gasteiger partial charge in [0.1, 0.15) is 11.0 Å². The Morgan fingerprint density at radius 2 is 1.81 bits per heavy atom. The lowest BCUT2D eigenvalue weighted by Gasteiger charge is -2.18. The minimum atomic E-state index is 0.525. The number of rotatable bonds is 3. The molecule has 2 nitrogen and oxygen atoms in total. The molecule has 82 valence electrons. The lowest BCUT2D eigenvalue weighted by Crippen LogP contribution is -2.17. The zero-order valence-electron chi connectivity index (χ0n) is 9.10. The molecule has 0 bridgehead atoms. The maximum atomic E-state index is 5.85. The predicted molar refractivity (Wildman–Crippen MR) is 67.8 cm³/mol. The highest BCUT2D eigenvalue weighted by Crippen LogP contribution is 2.15. The smallest absolute Gasteiger partial charge is 0.131 e. The quantitative estimate of drug-likeness (QED) is 0.755. The summed E-state index contributed by atoms with van der Waals surface area (Å²) in [4.78, 5) is 6.33. The normalized spacial score (nSPS) is 10.1. The van der Waals surface area contributed by atoms with Crippen LogP contribution in [0.1, 0.15) is 5.56 Å². The van der Waals surface area contributed by atoms with Crippen LogP contribution in [0.3, 0.4) is 0 Å². The van der Waals surface area contributed by atoms with Crippen LogP contribution >= 0.6 is 11.6 Å². The van der Waals surface area contributed by atoms with E-state index < -0.39 is 0 Å². The number of anilines is 1. The number of halogens is 1. The first-order valence-corrected chi connectivity index (χ1v) is 5.51. The van der Waals surface area contributed by atoms with Crippen LogP contribution in [0.25, 0.3) is 0 Å². The summed E-state index contributed by atoms with van der Waals surface area (Å²) in [5, 5.41) is 0.525. The van der Waals surface area contributed by atoms with Crippen molar-refractivity contribution in [3.63, 3.8) is 0 Å². The predicted octanol–water partition coefficient (Wildman–Crippen LogP) is 3.37. The van der Waals surface area contributed by atoms with Gasteiger partial charge in [-0.2, -0.15) is 0 Å². The number of aromatic nitrogens is 1. The van der Waals surface area contributed by atoms with Crippen molar-refractivity contribution >= 4 is 17.4 Å². The molecule has 0 saturated heterocycles. The molecule has 1 heterocycles. The van der Waals surface area contributed by atoms with Gasteiger partial charge in [0, 0.05) is 13.6 Å². The molecular formula is C13H13ClN2. The Morgan fingerprint density at radius 1 is 1.06 bits per heavy atom. The molecule has 0 aliphatic heterocycles. The van der Waals surface area contributed by atoms with Crippen molar-refractivity contribution in [2.45, 2.75) is 6.54 Å². The van der Waals surface area contributed by atoms with Crippen LogP contribution in [-0.4, -0.2) is 12.0 Å². The summed E-state index contributed by atoms with van der Waals surface area (Å²) < 4.78 is 0.